The van der Waals surface area contributed by atoms with E-state index in [1.807, 2.05) is 12.1 Å². The molecule has 1 amide bonds. The maximum absolute atomic E-state index is 13.3. The molecule has 0 aliphatic heterocycles. The lowest BCUT2D eigenvalue weighted by atomic mass is 10.2. The summed E-state index contributed by atoms with van der Waals surface area (Å²) in [6.07, 6.45) is 1.39. The molecule has 8 heteroatoms. The molecule has 0 saturated carbocycles. The number of carbonyl (C=O) groups is 1. The van der Waals surface area contributed by atoms with Crippen LogP contribution in [0.5, 0.6) is 0 Å². The largest absolute Gasteiger partial charge is 0.296 e. The van der Waals surface area contributed by atoms with Crippen molar-refractivity contribution < 1.29 is 13.6 Å². The van der Waals surface area contributed by atoms with Crippen LogP contribution in [-0.2, 0) is 0 Å². The second kappa shape index (κ2) is 6.57. The van der Waals surface area contributed by atoms with Crippen molar-refractivity contribution in [3.8, 4) is 11.3 Å². The van der Waals surface area contributed by atoms with Crippen LogP contribution in [0.2, 0.25) is 0 Å². The minimum Gasteiger partial charge on any atom is -0.296 e. The molecule has 26 heavy (non-hydrogen) atoms. The zero-order valence-corrected chi connectivity index (χ0v) is 13.9. The van der Waals surface area contributed by atoms with Gasteiger partial charge in [0.15, 0.2) is 16.8 Å². The minimum atomic E-state index is -0.951. The molecule has 0 fully saturated rings. The fraction of sp³-hybridized carbons (Fsp3) is 0. The number of aromatic nitrogens is 3. The predicted octanol–water partition coefficient (Wildman–Crippen LogP) is 4.28. The van der Waals surface area contributed by atoms with Crippen molar-refractivity contribution in [1.82, 2.24) is 15.0 Å². The van der Waals surface area contributed by atoms with Gasteiger partial charge in [0.2, 0.25) is 0 Å². The van der Waals surface area contributed by atoms with E-state index >= 15 is 0 Å². The van der Waals surface area contributed by atoms with Crippen molar-refractivity contribution >= 4 is 33.4 Å². The number of fused-ring (bicyclic) bond motifs is 1. The molecular formula is C18H10F2N4OS. The normalized spacial score (nSPS) is 10.8. The average Bonchev–Trinajstić information content (AvgIpc) is 3.12. The van der Waals surface area contributed by atoms with Gasteiger partial charge >= 0.3 is 0 Å². The van der Waals surface area contributed by atoms with Crippen molar-refractivity contribution in [2.24, 2.45) is 0 Å². The second-order valence-corrected chi connectivity index (χ2v) is 6.22. The van der Waals surface area contributed by atoms with Gasteiger partial charge in [-0.2, -0.15) is 0 Å². The van der Waals surface area contributed by atoms with Crippen LogP contribution in [0.4, 0.5) is 13.9 Å². The number of anilines is 1. The highest BCUT2D eigenvalue weighted by Crippen LogP contribution is 2.26. The number of nitrogens with one attached hydrogen (secondary N) is 1. The number of nitrogens with zero attached hydrogens (tertiary/aromatic N) is 3. The summed E-state index contributed by atoms with van der Waals surface area (Å²) >= 11 is 1.17. The molecule has 0 aliphatic carbocycles. The van der Waals surface area contributed by atoms with Gasteiger partial charge in [0.1, 0.15) is 5.69 Å². The van der Waals surface area contributed by atoms with Gasteiger partial charge in [0, 0.05) is 10.9 Å². The third kappa shape index (κ3) is 3.14. The van der Waals surface area contributed by atoms with Crippen molar-refractivity contribution in [2.45, 2.75) is 0 Å². The summed E-state index contributed by atoms with van der Waals surface area (Å²) < 4.78 is 26.4. The minimum absolute atomic E-state index is 0.160. The van der Waals surface area contributed by atoms with E-state index in [2.05, 4.69) is 20.3 Å². The van der Waals surface area contributed by atoms with Crippen LogP contribution in [0.25, 0.3) is 22.3 Å². The molecule has 0 spiro atoms. The molecule has 2 aromatic carbocycles. The van der Waals surface area contributed by atoms with Crippen LogP contribution in [0.3, 0.4) is 0 Å². The van der Waals surface area contributed by atoms with Gasteiger partial charge in [-0.15, -0.1) is 11.3 Å². The van der Waals surface area contributed by atoms with Gasteiger partial charge in [-0.05, 0) is 30.3 Å². The molecule has 4 rings (SSSR count). The summed E-state index contributed by atoms with van der Waals surface area (Å²) in [5.74, 6) is -2.32. The van der Waals surface area contributed by atoms with Crippen molar-refractivity contribution in [1.29, 1.82) is 0 Å². The third-order valence-electron chi connectivity index (χ3n) is 3.62. The Morgan fingerprint density at radius 1 is 1.00 bits per heavy atom. The first-order chi connectivity index (χ1) is 12.6. The summed E-state index contributed by atoms with van der Waals surface area (Å²) in [6, 6.07) is 10.7. The lowest BCUT2D eigenvalue weighted by molar-refractivity contribution is 0.102. The molecule has 0 bridgehead atoms. The topological polar surface area (TPSA) is 67.8 Å². The first-order valence-electron chi connectivity index (χ1n) is 7.54. The highest BCUT2D eigenvalue weighted by molar-refractivity contribution is 7.14. The molecule has 1 N–H and O–H groups in total. The van der Waals surface area contributed by atoms with E-state index in [0.29, 0.717) is 27.4 Å². The summed E-state index contributed by atoms with van der Waals surface area (Å²) in [6.45, 7) is 0. The Hall–Kier alpha value is -3.26. The van der Waals surface area contributed by atoms with E-state index in [-0.39, 0.29) is 5.69 Å². The molecule has 0 unspecified atom stereocenters. The Morgan fingerprint density at radius 3 is 2.62 bits per heavy atom. The molecule has 128 valence electrons. The van der Waals surface area contributed by atoms with Crippen LogP contribution in [0.1, 0.15) is 10.5 Å². The number of para-hydroxylation sites is 2. The quantitative estimate of drug-likeness (QED) is 0.586. The molecular weight excluding hydrogens is 358 g/mol. The maximum atomic E-state index is 13.3. The van der Waals surface area contributed by atoms with Crippen LogP contribution in [0, 0.1) is 11.6 Å². The van der Waals surface area contributed by atoms with E-state index in [1.165, 1.54) is 23.6 Å². The summed E-state index contributed by atoms with van der Waals surface area (Å²) in [5.41, 5.74) is 2.33. The molecule has 0 aliphatic rings. The lowest BCUT2D eigenvalue weighted by Gasteiger charge is -2.02. The number of thiazole rings is 1. The van der Waals surface area contributed by atoms with E-state index in [9.17, 15) is 13.6 Å². The molecule has 4 aromatic rings. The number of carbonyl (C=O) groups excluding carboxylic acids is 1. The summed E-state index contributed by atoms with van der Waals surface area (Å²) in [7, 11) is 0. The van der Waals surface area contributed by atoms with E-state index in [0.717, 1.165) is 12.1 Å². The van der Waals surface area contributed by atoms with Crippen molar-refractivity contribution in [3.05, 3.63) is 71.4 Å². The van der Waals surface area contributed by atoms with Crippen molar-refractivity contribution in [2.75, 3.05) is 5.32 Å². The average molecular weight is 368 g/mol. The highest BCUT2D eigenvalue weighted by atomic mass is 32.1. The van der Waals surface area contributed by atoms with Gasteiger partial charge < -0.3 is 0 Å². The van der Waals surface area contributed by atoms with Gasteiger partial charge in [-0.25, -0.2) is 18.7 Å². The zero-order valence-electron chi connectivity index (χ0n) is 13.1. The number of rotatable bonds is 3. The Balaban J connectivity index is 1.56. The monoisotopic (exact) mass is 368 g/mol. The van der Waals surface area contributed by atoms with Crippen molar-refractivity contribution in [3.63, 3.8) is 0 Å². The Kier molecular flexibility index (Phi) is 4.10. The fourth-order valence-electron chi connectivity index (χ4n) is 2.35. The number of hydrogen-bond acceptors (Lipinski definition) is 5. The number of amides is 1. The van der Waals surface area contributed by atoms with Crippen LogP contribution >= 0.6 is 11.3 Å². The smallest absolute Gasteiger partial charge is 0.277 e. The predicted molar refractivity (Wildman–Crippen MR) is 95.0 cm³/mol. The van der Waals surface area contributed by atoms with Gasteiger partial charge in [0.05, 0.1) is 22.9 Å². The Bertz CT molecular complexity index is 1130. The maximum Gasteiger partial charge on any atom is 0.277 e. The first-order valence-corrected chi connectivity index (χ1v) is 8.42. The van der Waals surface area contributed by atoms with E-state index in [1.54, 1.807) is 17.5 Å². The lowest BCUT2D eigenvalue weighted by Crippen LogP contribution is -2.14. The number of hydrogen-bond donors (Lipinski definition) is 1. The van der Waals surface area contributed by atoms with Crippen LogP contribution in [0.15, 0.2) is 54.0 Å². The van der Waals surface area contributed by atoms with Gasteiger partial charge in [-0.3, -0.25) is 15.1 Å². The Morgan fingerprint density at radius 2 is 1.81 bits per heavy atom. The molecule has 0 atom stereocenters. The van der Waals surface area contributed by atoms with Crippen LogP contribution in [-0.4, -0.2) is 20.9 Å². The van der Waals surface area contributed by atoms with Gasteiger partial charge in [0.25, 0.3) is 5.91 Å². The molecule has 2 heterocycles. The standard InChI is InChI=1S/C18H10F2N4OS/c19-11-6-5-10(7-12(11)20)16-9-26-18(23-16)24-17(25)15-8-21-13-3-1-2-4-14(13)22-15/h1-9H,(H,23,24,25). The first kappa shape index (κ1) is 16.2. The summed E-state index contributed by atoms with van der Waals surface area (Å²) in [5, 5.41) is 4.61. The SMILES string of the molecule is O=C(Nc1nc(-c2ccc(F)c(F)c2)cs1)c1cnc2ccccc2n1. The van der Waals surface area contributed by atoms with E-state index < -0.39 is 17.5 Å². The highest BCUT2D eigenvalue weighted by Gasteiger charge is 2.13. The summed E-state index contributed by atoms with van der Waals surface area (Å²) in [4.78, 5) is 25.0. The zero-order chi connectivity index (χ0) is 18.1. The molecule has 5 nitrogen and oxygen atoms in total. The molecule has 2 aromatic heterocycles. The van der Waals surface area contributed by atoms with E-state index in [4.69, 9.17) is 0 Å². The molecule has 0 saturated heterocycles. The van der Waals surface area contributed by atoms with Gasteiger partial charge in [-0.1, -0.05) is 12.1 Å². The third-order valence-corrected chi connectivity index (χ3v) is 4.38. The number of benzene rings is 2. The fourth-order valence-corrected chi connectivity index (χ4v) is 3.06. The molecule has 0 radical (unpaired) electrons. The Labute approximate surface area is 150 Å². The van der Waals surface area contributed by atoms with Crippen LogP contribution < -0.4 is 5.32 Å². The number of halogens is 2. The second-order valence-electron chi connectivity index (χ2n) is 5.36.